The molecule has 5 nitrogen and oxygen atoms in total. The van der Waals surface area contributed by atoms with Crippen LogP contribution in [0.1, 0.15) is 51.9 Å². The molecule has 2 fully saturated rings. The van der Waals surface area contributed by atoms with E-state index in [1.165, 1.54) is 7.11 Å². The van der Waals surface area contributed by atoms with Crippen molar-refractivity contribution in [1.29, 1.82) is 0 Å². The predicted molar refractivity (Wildman–Crippen MR) is 78.7 cm³/mol. The second-order valence-corrected chi connectivity index (χ2v) is 6.15. The second-order valence-electron chi connectivity index (χ2n) is 6.15. The van der Waals surface area contributed by atoms with Crippen LogP contribution in [0.3, 0.4) is 0 Å². The Balaban J connectivity index is 1.84. The van der Waals surface area contributed by atoms with E-state index in [4.69, 9.17) is 9.47 Å². The maximum Gasteiger partial charge on any atom is 0.325 e. The van der Waals surface area contributed by atoms with Gasteiger partial charge >= 0.3 is 5.97 Å². The molecule has 0 aromatic heterocycles. The Morgan fingerprint density at radius 2 is 1.86 bits per heavy atom. The molecule has 0 heterocycles. The van der Waals surface area contributed by atoms with Crippen molar-refractivity contribution in [3.05, 3.63) is 0 Å². The number of rotatable bonds is 7. The summed E-state index contributed by atoms with van der Waals surface area (Å²) in [6.45, 7) is 2.83. The Morgan fingerprint density at radius 3 is 2.43 bits per heavy atom. The van der Waals surface area contributed by atoms with Crippen LogP contribution in [0.15, 0.2) is 0 Å². The smallest absolute Gasteiger partial charge is 0.325 e. The maximum absolute atomic E-state index is 12.5. The summed E-state index contributed by atoms with van der Waals surface area (Å²) in [6, 6.07) is 0.222. The molecule has 2 saturated carbocycles. The van der Waals surface area contributed by atoms with Gasteiger partial charge in [0.2, 0.25) is 5.91 Å². The van der Waals surface area contributed by atoms with Crippen molar-refractivity contribution in [3.63, 3.8) is 0 Å². The van der Waals surface area contributed by atoms with Gasteiger partial charge in [-0.15, -0.1) is 0 Å². The summed E-state index contributed by atoms with van der Waals surface area (Å²) >= 11 is 0. The van der Waals surface area contributed by atoms with Gasteiger partial charge in [0, 0.05) is 19.1 Å². The van der Waals surface area contributed by atoms with E-state index in [9.17, 15) is 9.59 Å². The molecule has 0 saturated heterocycles. The lowest BCUT2D eigenvalue weighted by molar-refractivity contribution is -0.149. The van der Waals surface area contributed by atoms with Gasteiger partial charge < -0.3 is 14.4 Å². The van der Waals surface area contributed by atoms with Gasteiger partial charge in [-0.05, 0) is 38.5 Å². The molecule has 0 atom stereocenters. The topological polar surface area (TPSA) is 55.8 Å². The molecule has 0 aliphatic heterocycles. The van der Waals surface area contributed by atoms with Crippen LogP contribution in [0.4, 0.5) is 0 Å². The van der Waals surface area contributed by atoms with Gasteiger partial charge in [-0.3, -0.25) is 9.59 Å². The van der Waals surface area contributed by atoms with Crippen LogP contribution in [-0.2, 0) is 19.1 Å². The molecule has 0 N–H and O–H groups in total. The minimum Gasteiger partial charge on any atom is -0.468 e. The minimum atomic E-state index is -0.323. The molecule has 0 unspecified atom stereocenters. The summed E-state index contributed by atoms with van der Waals surface area (Å²) in [5.74, 6) is 0.193. The summed E-state index contributed by atoms with van der Waals surface area (Å²) in [7, 11) is 1.37. The van der Waals surface area contributed by atoms with E-state index >= 15 is 0 Å². The van der Waals surface area contributed by atoms with E-state index in [0.29, 0.717) is 18.4 Å². The first-order valence-corrected chi connectivity index (χ1v) is 8.11. The van der Waals surface area contributed by atoms with E-state index < -0.39 is 0 Å². The Morgan fingerprint density at radius 1 is 1.19 bits per heavy atom. The molecule has 0 radical (unpaired) electrons. The van der Waals surface area contributed by atoms with Crippen LogP contribution in [0, 0.1) is 5.92 Å². The van der Waals surface area contributed by atoms with Crippen LogP contribution >= 0.6 is 0 Å². The predicted octanol–water partition coefficient (Wildman–Crippen LogP) is 2.14. The van der Waals surface area contributed by atoms with Gasteiger partial charge in [0.15, 0.2) is 0 Å². The Kier molecular flexibility index (Phi) is 6.03. The van der Waals surface area contributed by atoms with Gasteiger partial charge in [0.05, 0.1) is 13.2 Å². The van der Waals surface area contributed by atoms with Gasteiger partial charge in [-0.25, -0.2) is 0 Å². The summed E-state index contributed by atoms with van der Waals surface area (Å²) in [5, 5.41) is 0. The van der Waals surface area contributed by atoms with Crippen molar-refractivity contribution < 1.29 is 19.1 Å². The number of nitrogens with zero attached hydrogens (tertiary/aromatic N) is 1. The van der Waals surface area contributed by atoms with Crippen molar-refractivity contribution in [1.82, 2.24) is 4.90 Å². The lowest BCUT2D eigenvalue weighted by Crippen LogP contribution is -2.44. The standard InChI is InChI=1S/C16H27NO4/c1-3-21-14-8-12(9-14)10-15(18)17(11-16(19)20-2)13-6-4-5-7-13/h12-14H,3-11H2,1-2H3. The fraction of sp³-hybridized carbons (Fsp3) is 0.875. The molecule has 2 aliphatic carbocycles. The van der Waals surface area contributed by atoms with Crippen molar-refractivity contribution >= 4 is 11.9 Å². The lowest BCUT2D eigenvalue weighted by atomic mass is 9.79. The number of amides is 1. The zero-order valence-electron chi connectivity index (χ0n) is 13.2. The maximum atomic E-state index is 12.5. The van der Waals surface area contributed by atoms with Gasteiger partial charge in [-0.1, -0.05) is 12.8 Å². The Bertz CT molecular complexity index is 359. The molecular weight excluding hydrogens is 270 g/mol. The number of carbonyl (C=O) groups excluding carboxylic acids is 2. The quantitative estimate of drug-likeness (QED) is 0.676. The average Bonchev–Trinajstić information content (AvgIpc) is 2.95. The molecule has 2 rings (SSSR count). The molecular formula is C16H27NO4. The zero-order valence-corrected chi connectivity index (χ0v) is 13.2. The molecule has 0 aromatic carbocycles. The Labute approximate surface area is 127 Å². The SMILES string of the molecule is CCOC1CC(CC(=O)N(CC(=O)OC)C2CCCC2)C1. The van der Waals surface area contributed by atoms with Crippen molar-refractivity contribution in [2.75, 3.05) is 20.3 Å². The number of esters is 1. The van der Waals surface area contributed by atoms with Crippen LogP contribution in [0.25, 0.3) is 0 Å². The summed E-state index contributed by atoms with van der Waals surface area (Å²) in [6.07, 6.45) is 7.11. The van der Waals surface area contributed by atoms with Crippen molar-refractivity contribution in [2.45, 2.75) is 64.0 Å². The van der Waals surface area contributed by atoms with E-state index in [-0.39, 0.29) is 24.5 Å². The van der Waals surface area contributed by atoms with E-state index in [1.54, 1.807) is 4.90 Å². The molecule has 120 valence electrons. The summed E-state index contributed by atoms with van der Waals surface area (Å²) < 4.78 is 10.3. The van der Waals surface area contributed by atoms with Crippen molar-refractivity contribution in [2.24, 2.45) is 5.92 Å². The number of hydrogen-bond donors (Lipinski definition) is 0. The lowest BCUT2D eigenvalue weighted by Gasteiger charge is -2.36. The highest BCUT2D eigenvalue weighted by atomic mass is 16.5. The van der Waals surface area contributed by atoms with Gasteiger partial charge in [0.1, 0.15) is 6.54 Å². The highest BCUT2D eigenvalue weighted by molar-refractivity contribution is 5.82. The molecule has 2 aliphatic rings. The highest BCUT2D eigenvalue weighted by Crippen LogP contribution is 2.34. The molecule has 0 aromatic rings. The first-order chi connectivity index (χ1) is 10.1. The van der Waals surface area contributed by atoms with Gasteiger partial charge in [-0.2, -0.15) is 0 Å². The third-order valence-corrected chi connectivity index (χ3v) is 4.67. The monoisotopic (exact) mass is 297 g/mol. The minimum absolute atomic E-state index is 0.0988. The molecule has 21 heavy (non-hydrogen) atoms. The van der Waals surface area contributed by atoms with Crippen LogP contribution in [0.5, 0.6) is 0 Å². The normalized spacial score (nSPS) is 25.4. The summed E-state index contributed by atoms with van der Waals surface area (Å²) in [5.41, 5.74) is 0. The first-order valence-electron chi connectivity index (χ1n) is 8.11. The zero-order chi connectivity index (χ0) is 15.2. The molecule has 0 spiro atoms. The third-order valence-electron chi connectivity index (χ3n) is 4.67. The molecule has 5 heteroatoms. The molecule has 1 amide bonds. The number of ether oxygens (including phenoxy) is 2. The summed E-state index contributed by atoms with van der Waals surface area (Å²) in [4.78, 5) is 25.8. The van der Waals surface area contributed by atoms with Gasteiger partial charge in [0.25, 0.3) is 0 Å². The molecule has 0 bridgehead atoms. The average molecular weight is 297 g/mol. The van der Waals surface area contributed by atoms with E-state index in [2.05, 4.69) is 0 Å². The van der Waals surface area contributed by atoms with E-state index in [0.717, 1.165) is 45.1 Å². The van der Waals surface area contributed by atoms with Crippen LogP contribution in [-0.4, -0.2) is 49.2 Å². The number of carbonyl (C=O) groups is 2. The number of hydrogen-bond acceptors (Lipinski definition) is 4. The van der Waals surface area contributed by atoms with Crippen molar-refractivity contribution in [3.8, 4) is 0 Å². The number of methoxy groups -OCH3 is 1. The fourth-order valence-corrected chi connectivity index (χ4v) is 3.42. The first kappa shape index (κ1) is 16.3. The van der Waals surface area contributed by atoms with Crippen LogP contribution < -0.4 is 0 Å². The second kappa shape index (κ2) is 7.78. The Hall–Kier alpha value is -1.10. The largest absolute Gasteiger partial charge is 0.468 e. The van der Waals surface area contributed by atoms with Crippen LogP contribution in [0.2, 0.25) is 0 Å². The van der Waals surface area contributed by atoms with E-state index in [1.807, 2.05) is 6.92 Å². The fourth-order valence-electron chi connectivity index (χ4n) is 3.42. The highest BCUT2D eigenvalue weighted by Gasteiger charge is 2.35. The third kappa shape index (κ3) is 4.43.